The fourth-order valence-electron chi connectivity index (χ4n) is 3.89. The van der Waals surface area contributed by atoms with Gasteiger partial charge >= 0.3 is 6.03 Å². The Morgan fingerprint density at radius 1 is 1.22 bits per heavy atom. The average molecular weight is 372 g/mol. The van der Waals surface area contributed by atoms with Gasteiger partial charge in [-0.1, -0.05) is 0 Å². The van der Waals surface area contributed by atoms with Gasteiger partial charge in [0.05, 0.1) is 5.69 Å². The molecule has 2 aliphatic heterocycles. The molecule has 0 radical (unpaired) electrons. The van der Waals surface area contributed by atoms with Crippen molar-refractivity contribution in [2.24, 2.45) is 0 Å². The van der Waals surface area contributed by atoms with Crippen molar-refractivity contribution in [2.75, 3.05) is 32.7 Å². The highest BCUT2D eigenvalue weighted by atomic mass is 19.1. The lowest BCUT2D eigenvalue weighted by Gasteiger charge is -2.23. The summed E-state index contributed by atoms with van der Waals surface area (Å²) in [6.45, 7) is 4.50. The Bertz CT molecular complexity index is 771. The number of halogens is 1. The topological polar surface area (TPSA) is 61.6 Å². The van der Waals surface area contributed by atoms with E-state index in [9.17, 15) is 9.18 Å². The minimum Gasteiger partial charge on any atom is -0.444 e. The first-order chi connectivity index (χ1) is 13.2. The minimum atomic E-state index is -0.290. The molecule has 0 spiro atoms. The molecule has 27 heavy (non-hydrogen) atoms. The largest absolute Gasteiger partial charge is 0.444 e. The van der Waals surface area contributed by atoms with E-state index in [1.54, 1.807) is 18.4 Å². The van der Waals surface area contributed by atoms with Crippen molar-refractivity contribution in [1.29, 1.82) is 0 Å². The summed E-state index contributed by atoms with van der Waals surface area (Å²) in [5.74, 6) is 0.173. The zero-order chi connectivity index (χ0) is 18.6. The predicted octanol–water partition coefficient (Wildman–Crippen LogP) is 2.90. The summed E-state index contributed by atoms with van der Waals surface area (Å²) in [4.78, 5) is 21.2. The molecule has 1 atom stereocenters. The number of carbonyl (C=O) groups excluding carboxylic acids is 1. The molecule has 0 saturated carbocycles. The number of nitrogens with zero attached hydrogens (tertiary/aromatic N) is 3. The molecule has 4 rings (SSSR count). The van der Waals surface area contributed by atoms with E-state index in [4.69, 9.17) is 4.42 Å². The fourth-order valence-corrected chi connectivity index (χ4v) is 3.89. The van der Waals surface area contributed by atoms with E-state index < -0.39 is 0 Å². The van der Waals surface area contributed by atoms with Crippen LogP contribution in [-0.2, 0) is 6.42 Å². The number of rotatable bonds is 5. The standard InChI is InChI=1S/C20H25FN4O2/c21-16-5-3-15(4-6-16)19-23-17(14-27-19)7-9-22-20(26)25-12-8-18(13-25)24-10-1-2-11-24/h3-6,14,18H,1-2,7-13H2,(H,22,26). The summed E-state index contributed by atoms with van der Waals surface area (Å²) in [7, 11) is 0. The van der Waals surface area contributed by atoms with E-state index >= 15 is 0 Å². The molecule has 1 unspecified atom stereocenters. The highest BCUT2D eigenvalue weighted by molar-refractivity contribution is 5.74. The van der Waals surface area contributed by atoms with E-state index in [0.717, 1.165) is 30.8 Å². The van der Waals surface area contributed by atoms with Crippen LogP contribution in [0, 0.1) is 5.82 Å². The number of hydrogen-bond donors (Lipinski definition) is 1. The van der Waals surface area contributed by atoms with Gasteiger partial charge in [0.1, 0.15) is 12.1 Å². The maximum absolute atomic E-state index is 13.0. The van der Waals surface area contributed by atoms with Gasteiger partial charge in [0.25, 0.3) is 0 Å². The van der Waals surface area contributed by atoms with Crippen LogP contribution in [0.3, 0.4) is 0 Å². The Hall–Kier alpha value is -2.41. The molecule has 1 N–H and O–H groups in total. The van der Waals surface area contributed by atoms with E-state index in [0.29, 0.717) is 24.9 Å². The number of urea groups is 1. The summed E-state index contributed by atoms with van der Waals surface area (Å²) >= 11 is 0. The third kappa shape index (κ3) is 4.30. The summed E-state index contributed by atoms with van der Waals surface area (Å²) in [5.41, 5.74) is 1.50. The van der Waals surface area contributed by atoms with E-state index in [2.05, 4.69) is 15.2 Å². The van der Waals surface area contributed by atoms with Gasteiger partial charge in [-0.05, 0) is 56.6 Å². The zero-order valence-electron chi connectivity index (χ0n) is 15.4. The van der Waals surface area contributed by atoms with Gasteiger partial charge in [-0.3, -0.25) is 4.90 Å². The van der Waals surface area contributed by atoms with Crippen molar-refractivity contribution < 1.29 is 13.6 Å². The Kier molecular flexibility index (Phi) is 5.38. The third-order valence-electron chi connectivity index (χ3n) is 5.41. The van der Waals surface area contributed by atoms with Gasteiger partial charge in [0, 0.05) is 37.7 Å². The van der Waals surface area contributed by atoms with Gasteiger partial charge in [-0.2, -0.15) is 0 Å². The van der Waals surface area contributed by atoms with Crippen molar-refractivity contribution in [1.82, 2.24) is 20.1 Å². The molecule has 2 aliphatic rings. The summed E-state index contributed by atoms with van der Waals surface area (Å²) in [6, 6.07) is 6.55. The first-order valence-electron chi connectivity index (χ1n) is 9.66. The molecule has 3 heterocycles. The molecule has 2 saturated heterocycles. The molecule has 1 aromatic heterocycles. The van der Waals surface area contributed by atoms with Crippen LogP contribution in [0.25, 0.3) is 11.5 Å². The van der Waals surface area contributed by atoms with Gasteiger partial charge in [0.15, 0.2) is 0 Å². The molecule has 0 bridgehead atoms. The second-order valence-corrected chi connectivity index (χ2v) is 7.26. The first kappa shape index (κ1) is 18.0. The molecule has 7 heteroatoms. The molecule has 6 nitrogen and oxygen atoms in total. The van der Waals surface area contributed by atoms with Crippen molar-refractivity contribution in [3.8, 4) is 11.5 Å². The van der Waals surface area contributed by atoms with Crippen LogP contribution in [0.4, 0.5) is 9.18 Å². The van der Waals surface area contributed by atoms with Crippen LogP contribution < -0.4 is 5.32 Å². The van der Waals surface area contributed by atoms with Crippen LogP contribution >= 0.6 is 0 Å². The van der Waals surface area contributed by atoms with Crippen LogP contribution in [0.15, 0.2) is 34.9 Å². The van der Waals surface area contributed by atoms with Gasteiger partial charge in [-0.25, -0.2) is 14.2 Å². The van der Waals surface area contributed by atoms with E-state index in [1.165, 1.54) is 38.1 Å². The molecule has 2 amide bonds. The van der Waals surface area contributed by atoms with Gasteiger partial charge in [0.2, 0.25) is 5.89 Å². The third-order valence-corrected chi connectivity index (χ3v) is 5.41. The smallest absolute Gasteiger partial charge is 0.317 e. The zero-order valence-corrected chi connectivity index (χ0v) is 15.4. The number of hydrogen-bond acceptors (Lipinski definition) is 4. The number of benzene rings is 1. The molecular formula is C20H25FN4O2. The van der Waals surface area contributed by atoms with Gasteiger partial charge in [-0.15, -0.1) is 0 Å². The molecular weight excluding hydrogens is 347 g/mol. The maximum Gasteiger partial charge on any atom is 0.317 e. The quantitative estimate of drug-likeness (QED) is 0.877. The second kappa shape index (κ2) is 8.08. The van der Waals surface area contributed by atoms with E-state index in [-0.39, 0.29) is 11.8 Å². The lowest BCUT2D eigenvalue weighted by Crippen LogP contribution is -2.42. The molecule has 144 valence electrons. The normalized spacial score (nSPS) is 20.3. The monoisotopic (exact) mass is 372 g/mol. The number of amides is 2. The lowest BCUT2D eigenvalue weighted by atomic mass is 10.2. The average Bonchev–Trinajstić information content (AvgIpc) is 3.43. The Balaban J connectivity index is 1.23. The predicted molar refractivity (Wildman–Crippen MR) is 99.8 cm³/mol. The summed E-state index contributed by atoms with van der Waals surface area (Å²) < 4.78 is 18.4. The fraction of sp³-hybridized carbons (Fsp3) is 0.500. The number of nitrogens with one attached hydrogen (secondary N) is 1. The maximum atomic E-state index is 13.0. The molecule has 0 aliphatic carbocycles. The SMILES string of the molecule is O=C(NCCc1coc(-c2ccc(F)cc2)n1)N1CCC(N2CCCC2)C1. The van der Waals surface area contributed by atoms with Crippen molar-refractivity contribution in [2.45, 2.75) is 31.7 Å². The number of carbonyl (C=O) groups is 1. The highest BCUT2D eigenvalue weighted by Crippen LogP contribution is 2.21. The number of aromatic nitrogens is 1. The van der Waals surface area contributed by atoms with E-state index in [1.807, 2.05) is 4.90 Å². The molecule has 2 fully saturated rings. The minimum absolute atomic E-state index is 0.000972. The molecule has 2 aromatic rings. The second-order valence-electron chi connectivity index (χ2n) is 7.26. The van der Waals surface area contributed by atoms with Crippen LogP contribution in [0.2, 0.25) is 0 Å². The summed E-state index contributed by atoms with van der Waals surface area (Å²) in [6.07, 6.45) is 5.81. The van der Waals surface area contributed by atoms with Crippen LogP contribution in [-0.4, -0.2) is 59.6 Å². The van der Waals surface area contributed by atoms with Crippen molar-refractivity contribution in [3.05, 3.63) is 42.0 Å². The summed E-state index contributed by atoms with van der Waals surface area (Å²) in [5, 5.41) is 2.98. The van der Waals surface area contributed by atoms with Crippen LogP contribution in [0.5, 0.6) is 0 Å². The highest BCUT2D eigenvalue weighted by Gasteiger charge is 2.31. The Morgan fingerprint density at radius 3 is 2.78 bits per heavy atom. The van der Waals surface area contributed by atoms with Gasteiger partial charge < -0.3 is 14.6 Å². The van der Waals surface area contributed by atoms with Crippen molar-refractivity contribution in [3.63, 3.8) is 0 Å². The molecule has 1 aromatic carbocycles. The Morgan fingerprint density at radius 2 is 2.00 bits per heavy atom. The first-order valence-corrected chi connectivity index (χ1v) is 9.66. The lowest BCUT2D eigenvalue weighted by molar-refractivity contribution is 0.199. The van der Waals surface area contributed by atoms with Crippen molar-refractivity contribution >= 4 is 6.03 Å². The number of oxazole rings is 1. The van der Waals surface area contributed by atoms with Crippen LogP contribution in [0.1, 0.15) is 25.0 Å². The number of likely N-dealkylation sites (tertiary alicyclic amines) is 2. The Labute approximate surface area is 158 Å².